The normalized spacial score (nSPS) is 10.9. The van der Waals surface area contributed by atoms with Gasteiger partial charge in [0.15, 0.2) is 11.6 Å². The van der Waals surface area contributed by atoms with Crippen LogP contribution in [0.4, 0.5) is 34.9 Å². The fourth-order valence-electron chi connectivity index (χ4n) is 3.62. The van der Waals surface area contributed by atoms with Crippen molar-refractivity contribution in [2.24, 2.45) is 0 Å². The number of carbonyl (C=O) groups is 1. The van der Waals surface area contributed by atoms with Crippen LogP contribution in [0.2, 0.25) is 0 Å². The van der Waals surface area contributed by atoms with E-state index in [-0.39, 0.29) is 5.75 Å². The molecular formula is C29H25F4N7O3. The summed E-state index contributed by atoms with van der Waals surface area (Å²) in [4.78, 5) is 23.8. The lowest BCUT2D eigenvalue weighted by Gasteiger charge is -2.18. The third-order valence-corrected chi connectivity index (χ3v) is 5.66. The number of ether oxygens (including phenoxy) is 1. The minimum atomic E-state index is -5.08. The number of nitrogens with zero attached hydrogens (tertiary/aromatic N) is 6. The highest BCUT2D eigenvalue weighted by atomic mass is 19.4. The van der Waals surface area contributed by atoms with Crippen LogP contribution in [0.5, 0.6) is 11.5 Å². The molecule has 0 radical (unpaired) electrons. The molecule has 0 aliphatic heterocycles. The van der Waals surface area contributed by atoms with Crippen molar-refractivity contribution in [3.05, 3.63) is 97.0 Å². The number of halogens is 4. The van der Waals surface area contributed by atoms with Gasteiger partial charge in [0, 0.05) is 31.5 Å². The monoisotopic (exact) mass is 595 g/mol. The number of carboxylic acids is 1. The van der Waals surface area contributed by atoms with Gasteiger partial charge in [0.2, 0.25) is 5.95 Å². The molecule has 0 unspecified atom stereocenters. The van der Waals surface area contributed by atoms with E-state index in [9.17, 15) is 13.2 Å². The van der Waals surface area contributed by atoms with E-state index in [2.05, 4.69) is 25.4 Å². The summed E-state index contributed by atoms with van der Waals surface area (Å²) in [5, 5.41) is 14.7. The molecule has 0 fully saturated rings. The number of aromatic nitrogens is 5. The lowest BCUT2D eigenvalue weighted by Crippen LogP contribution is -2.21. The van der Waals surface area contributed by atoms with Crippen LogP contribution in [0, 0.1) is 12.7 Å². The standard InChI is InChI=1S/C27H24FN7O.C2HF3O2/c1-18-30-17-35(33-18)21-11-9-20(10-12-21)31-27-29-14-13-23(32-27)19-15-24(34(2)3)26(28)25(16-19)36-22-7-5-4-6-8-22;3-2(4,5)1(6)7/h4-17H,1-3H3,(H,29,31,32);(H,6,7). The van der Waals surface area contributed by atoms with Gasteiger partial charge in [-0.15, -0.1) is 0 Å². The first-order valence-corrected chi connectivity index (χ1v) is 12.5. The molecule has 2 aromatic heterocycles. The number of hydrogen-bond acceptors (Lipinski definition) is 8. The molecule has 5 aromatic rings. The van der Waals surface area contributed by atoms with E-state index in [0.29, 0.717) is 34.5 Å². The van der Waals surface area contributed by atoms with Crippen molar-refractivity contribution in [3.8, 4) is 28.4 Å². The van der Waals surface area contributed by atoms with E-state index in [1.54, 1.807) is 66.5 Å². The Morgan fingerprint density at radius 3 is 2.26 bits per heavy atom. The predicted molar refractivity (Wildman–Crippen MR) is 151 cm³/mol. The first-order chi connectivity index (χ1) is 20.4. The Morgan fingerprint density at radius 1 is 1.00 bits per heavy atom. The highest BCUT2D eigenvalue weighted by Gasteiger charge is 2.38. The zero-order chi connectivity index (χ0) is 31.1. The molecule has 0 amide bonds. The summed E-state index contributed by atoms with van der Waals surface area (Å²) >= 11 is 0. The van der Waals surface area contributed by atoms with E-state index in [1.807, 2.05) is 49.4 Å². The van der Waals surface area contributed by atoms with E-state index in [1.165, 1.54) is 0 Å². The van der Waals surface area contributed by atoms with Crippen molar-refractivity contribution in [1.29, 1.82) is 0 Å². The maximum Gasteiger partial charge on any atom is 0.490 e. The number of benzene rings is 3. The second kappa shape index (κ2) is 13.0. The van der Waals surface area contributed by atoms with Crippen LogP contribution < -0.4 is 15.0 Å². The molecule has 0 aliphatic carbocycles. The van der Waals surface area contributed by atoms with Crippen LogP contribution in [0.15, 0.2) is 85.3 Å². The van der Waals surface area contributed by atoms with Crippen molar-refractivity contribution in [3.63, 3.8) is 0 Å². The molecule has 0 bridgehead atoms. The number of rotatable bonds is 7. The van der Waals surface area contributed by atoms with E-state index in [4.69, 9.17) is 14.6 Å². The highest BCUT2D eigenvalue weighted by molar-refractivity contribution is 5.73. The van der Waals surface area contributed by atoms with Gasteiger partial charge in [-0.1, -0.05) is 18.2 Å². The van der Waals surface area contributed by atoms with E-state index >= 15 is 4.39 Å². The van der Waals surface area contributed by atoms with Crippen molar-refractivity contribution in [2.45, 2.75) is 13.1 Å². The zero-order valence-electron chi connectivity index (χ0n) is 23.0. The van der Waals surface area contributed by atoms with Crippen molar-refractivity contribution in [1.82, 2.24) is 24.7 Å². The summed E-state index contributed by atoms with van der Waals surface area (Å²) in [6.07, 6.45) is -1.75. The quantitative estimate of drug-likeness (QED) is 0.206. The largest absolute Gasteiger partial charge is 0.490 e. The van der Waals surface area contributed by atoms with Gasteiger partial charge >= 0.3 is 12.1 Å². The van der Waals surface area contributed by atoms with Crippen LogP contribution in [0.3, 0.4) is 0 Å². The van der Waals surface area contributed by atoms with Crippen molar-refractivity contribution in [2.75, 3.05) is 24.3 Å². The fraction of sp³-hybridized carbons (Fsp3) is 0.138. The van der Waals surface area contributed by atoms with Gasteiger partial charge in [0.1, 0.15) is 17.9 Å². The number of nitrogens with one attached hydrogen (secondary N) is 1. The first kappa shape index (κ1) is 30.4. The SMILES string of the molecule is Cc1ncn(-c2ccc(Nc3nccc(-c4cc(Oc5ccccc5)c(F)c(N(C)C)c4)n3)cc2)n1.O=C(O)C(F)(F)F. The number of anilines is 3. The third-order valence-electron chi connectivity index (χ3n) is 5.66. The Hall–Kier alpha value is -5.53. The zero-order valence-corrected chi connectivity index (χ0v) is 23.0. The molecule has 14 heteroatoms. The average molecular weight is 596 g/mol. The number of aryl methyl sites for hydroxylation is 1. The van der Waals surface area contributed by atoms with Gasteiger partial charge in [-0.05, 0) is 61.5 Å². The molecule has 10 nitrogen and oxygen atoms in total. The second-order valence-corrected chi connectivity index (χ2v) is 9.09. The predicted octanol–water partition coefficient (Wildman–Crippen LogP) is 6.41. The Labute approximate surface area is 243 Å². The van der Waals surface area contributed by atoms with Crippen LogP contribution in [0.1, 0.15) is 5.82 Å². The fourth-order valence-corrected chi connectivity index (χ4v) is 3.62. The minimum absolute atomic E-state index is 0.120. The first-order valence-electron chi connectivity index (χ1n) is 12.5. The van der Waals surface area contributed by atoms with Gasteiger partial charge in [-0.25, -0.2) is 28.8 Å². The summed E-state index contributed by atoms with van der Waals surface area (Å²) in [6, 6.07) is 22.0. The number of carboxylic acid groups (broad SMARTS) is 1. The molecule has 0 aliphatic rings. The van der Waals surface area contributed by atoms with E-state index < -0.39 is 18.0 Å². The molecule has 2 heterocycles. The molecule has 0 saturated heterocycles. The van der Waals surface area contributed by atoms with Gasteiger partial charge < -0.3 is 20.1 Å². The van der Waals surface area contributed by atoms with Gasteiger partial charge in [0.05, 0.1) is 17.1 Å². The van der Waals surface area contributed by atoms with Crippen LogP contribution in [-0.2, 0) is 4.79 Å². The lowest BCUT2D eigenvalue weighted by atomic mass is 10.1. The maximum absolute atomic E-state index is 15.2. The topological polar surface area (TPSA) is 118 Å². The number of aliphatic carboxylic acids is 1. The molecule has 222 valence electrons. The lowest BCUT2D eigenvalue weighted by molar-refractivity contribution is -0.192. The molecule has 2 N–H and O–H groups in total. The van der Waals surface area contributed by atoms with E-state index in [0.717, 1.165) is 11.4 Å². The molecule has 0 atom stereocenters. The molecule has 43 heavy (non-hydrogen) atoms. The Balaban J connectivity index is 0.000000541. The molecule has 0 saturated carbocycles. The maximum atomic E-state index is 15.2. The molecular weight excluding hydrogens is 570 g/mol. The number of alkyl halides is 3. The van der Waals surface area contributed by atoms with Crippen LogP contribution in [0.25, 0.3) is 16.9 Å². The molecule has 5 rings (SSSR count). The molecule has 0 spiro atoms. The highest BCUT2D eigenvalue weighted by Crippen LogP contribution is 2.35. The van der Waals surface area contributed by atoms with Crippen LogP contribution >= 0.6 is 0 Å². The Bertz CT molecular complexity index is 1690. The molecule has 3 aromatic carbocycles. The third kappa shape index (κ3) is 8.03. The second-order valence-electron chi connectivity index (χ2n) is 9.09. The van der Waals surface area contributed by atoms with Crippen molar-refractivity contribution >= 4 is 23.3 Å². The minimum Gasteiger partial charge on any atom is -0.475 e. The summed E-state index contributed by atoms with van der Waals surface area (Å²) in [7, 11) is 3.57. The summed E-state index contributed by atoms with van der Waals surface area (Å²) < 4.78 is 54.5. The van der Waals surface area contributed by atoms with Gasteiger partial charge in [-0.2, -0.15) is 18.3 Å². The number of hydrogen-bond donors (Lipinski definition) is 2. The van der Waals surface area contributed by atoms with Crippen LogP contribution in [-0.4, -0.2) is 56.1 Å². The van der Waals surface area contributed by atoms with Gasteiger partial charge in [-0.3, -0.25) is 0 Å². The summed E-state index contributed by atoms with van der Waals surface area (Å²) in [5.74, 6) is -1.41. The van der Waals surface area contributed by atoms with Crippen molar-refractivity contribution < 1.29 is 32.2 Å². The Kier molecular flexibility index (Phi) is 9.18. The smallest absolute Gasteiger partial charge is 0.475 e. The summed E-state index contributed by atoms with van der Waals surface area (Å²) in [5.41, 5.74) is 3.43. The Morgan fingerprint density at radius 2 is 1.67 bits per heavy atom. The van der Waals surface area contributed by atoms with Gasteiger partial charge in [0.25, 0.3) is 0 Å². The number of para-hydroxylation sites is 1. The summed E-state index contributed by atoms with van der Waals surface area (Å²) in [6.45, 7) is 1.84. The average Bonchev–Trinajstić information content (AvgIpc) is 3.41.